The van der Waals surface area contributed by atoms with Crippen LogP contribution in [0.2, 0.25) is 0 Å². The van der Waals surface area contributed by atoms with Gasteiger partial charge in [-0.1, -0.05) is 13.8 Å². The molecule has 0 N–H and O–H groups in total. The summed E-state index contributed by atoms with van der Waals surface area (Å²) in [4.78, 5) is 21.7. The second-order valence-corrected chi connectivity index (χ2v) is 2.80. The van der Waals surface area contributed by atoms with E-state index in [1.165, 1.54) is 7.11 Å². The normalized spacial score (nSPS) is 11.9. The van der Waals surface area contributed by atoms with Crippen LogP contribution in [0.4, 0.5) is 0 Å². The molecule has 0 amide bonds. The van der Waals surface area contributed by atoms with E-state index < -0.39 is 0 Å². The molecule has 0 saturated carbocycles. The lowest BCUT2D eigenvalue weighted by atomic mass is 10.1. The summed E-state index contributed by atoms with van der Waals surface area (Å²) >= 11 is 0. The van der Waals surface area contributed by atoms with Crippen molar-refractivity contribution in [3.05, 3.63) is 0 Å². The topological polar surface area (TPSA) is 52.6 Å². The van der Waals surface area contributed by atoms with Gasteiger partial charge in [-0.05, 0) is 6.42 Å². The van der Waals surface area contributed by atoms with Crippen molar-refractivity contribution in [2.24, 2.45) is 5.92 Å². The van der Waals surface area contributed by atoms with Gasteiger partial charge in [0, 0.05) is 0 Å². The van der Waals surface area contributed by atoms with Crippen LogP contribution in [-0.2, 0) is 19.1 Å². The summed E-state index contributed by atoms with van der Waals surface area (Å²) in [6, 6.07) is 0. The number of methoxy groups -OCH3 is 1. The fourth-order valence-corrected chi connectivity index (χ4v) is 0.646. The third-order valence-corrected chi connectivity index (χ3v) is 1.79. The van der Waals surface area contributed by atoms with Gasteiger partial charge >= 0.3 is 11.9 Å². The molecule has 0 aromatic rings. The molecule has 0 aliphatic heterocycles. The highest BCUT2D eigenvalue weighted by molar-refractivity contribution is 5.73. The van der Waals surface area contributed by atoms with Gasteiger partial charge in [0.25, 0.3) is 0 Å². The maximum absolute atomic E-state index is 11.1. The van der Waals surface area contributed by atoms with E-state index in [9.17, 15) is 9.59 Å². The zero-order chi connectivity index (χ0) is 10.3. The third-order valence-electron chi connectivity index (χ3n) is 1.79. The van der Waals surface area contributed by atoms with Crippen molar-refractivity contribution < 1.29 is 19.1 Å². The van der Waals surface area contributed by atoms with E-state index in [1.54, 1.807) is 6.92 Å². The molecule has 4 heteroatoms. The Morgan fingerprint density at radius 3 is 2.46 bits per heavy atom. The van der Waals surface area contributed by atoms with Crippen molar-refractivity contribution in [3.63, 3.8) is 0 Å². The van der Waals surface area contributed by atoms with Gasteiger partial charge in [-0.25, -0.2) is 0 Å². The Hall–Kier alpha value is -1.06. The summed E-state index contributed by atoms with van der Waals surface area (Å²) in [6.45, 7) is 3.81. The van der Waals surface area contributed by atoms with Crippen LogP contribution in [0.3, 0.4) is 0 Å². The summed E-state index contributed by atoms with van der Waals surface area (Å²) in [7, 11) is 1.30. The van der Waals surface area contributed by atoms with E-state index in [1.807, 2.05) is 6.92 Å². The monoisotopic (exact) mass is 188 g/mol. The predicted molar refractivity (Wildman–Crippen MR) is 47.0 cm³/mol. The molecule has 0 heterocycles. The van der Waals surface area contributed by atoms with E-state index in [4.69, 9.17) is 4.74 Å². The molecule has 0 aliphatic rings. The smallest absolute Gasteiger partial charge is 0.308 e. The minimum Gasteiger partial charge on any atom is -0.469 e. The first-order valence-corrected chi connectivity index (χ1v) is 4.35. The number of hydrogen-bond donors (Lipinski definition) is 0. The molecule has 76 valence electrons. The average Bonchev–Trinajstić information content (AvgIpc) is 2.15. The van der Waals surface area contributed by atoms with Crippen LogP contribution in [0.15, 0.2) is 0 Å². The molecule has 0 saturated heterocycles. The number of ether oxygens (including phenoxy) is 2. The number of hydrogen-bond acceptors (Lipinski definition) is 4. The SMILES string of the molecule is CCC(C)C(=O)OCCC(=O)OC. The Morgan fingerprint density at radius 2 is 2.00 bits per heavy atom. The average molecular weight is 188 g/mol. The number of rotatable bonds is 5. The molecular weight excluding hydrogens is 172 g/mol. The van der Waals surface area contributed by atoms with Crippen LogP contribution >= 0.6 is 0 Å². The van der Waals surface area contributed by atoms with Gasteiger partial charge in [0.05, 0.1) is 19.4 Å². The Morgan fingerprint density at radius 1 is 1.38 bits per heavy atom. The van der Waals surface area contributed by atoms with Gasteiger partial charge in [-0.15, -0.1) is 0 Å². The van der Waals surface area contributed by atoms with E-state index in [-0.39, 0.29) is 30.9 Å². The molecule has 13 heavy (non-hydrogen) atoms. The first-order chi connectivity index (χ1) is 6.11. The standard InChI is InChI=1S/C9H16O4/c1-4-7(2)9(11)13-6-5-8(10)12-3/h7H,4-6H2,1-3H3. The molecule has 4 nitrogen and oxygen atoms in total. The van der Waals surface area contributed by atoms with Crippen molar-refractivity contribution >= 4 is 11.9 Å². The molecule has 0 fully saturated rings. The molecule has 0 aromatic heterocycles. The minimum atomic E-state index is -0.364. The van der Waals surface area contributed by atoms with Crippen LogP contribution in [0.5, 0.6) is 0 Å². The summed E-state index contributed by atoms with van der Waals surface area (Å²) < 4.78 is 9.22. The zero-order valence-electron chi connectivity index (χ0n) is 8.33. The summed E-state index contributed by atoms with van der Waals surface area (Å²) in [5.41, 5.74) is 0. The third kappa shape index (κ3) is 5.22. The Bertz CT molecular complexity index is 176. The first kappa shape index (κ1) is 11.9. The summed E-state index contributed by atoms with van der Waals surface area (Å²) in [5.74, 6) is -0.721. The molecule has 0 spiro atoms. The minimum absolute atomic E-state index is 0.0994. The van der Waals surface area contributed by atoms with Crippen molar-refractivity contribution in [1.29, 1.82) is 0 Å². The van der Waals surface area contributed by atoms with Crippen LogP contribution in [-0.4, -0.2) is 25.7 Å². The van der Waals surface area contributed by atoms with E-state index in [0.29, 0.717) is 0 Å². The van der Waals surface area contributed by atoms with Crippen molar-refractivity contribution in [1.82, 2.24) is 0 Å². The summed E-state index contributed by atoms with van der Waals surface area (Å²) in [5, 5.41) is 0. The highest BCUT2D eigenvalue weighted by atomic mass is 16.5. The lowest BCUT2D eigenvalue weighted by Gasteiger charge is -2.07. The molecule has 0 rings (SSSR count). The fourth-order valence-electron chi connectivity index (χ4n) is 0.646. The van der Waals surface area contributed by atoms with Crippen molar-refractivity contribution in [2.75, 3.05) is 13.7 Å². The highest BCUT2D eigenvalue weighted by Crippen LogP contribution is 2.03. The largest absolute Gasteiger partial charge is 0.469 e. The second kappa shape index (κ2) is 6.46. The fraction of sp³-hybridized carbons (Fsp3) is 0.778. The number of carbonyl (C=O) groups is 2. The number of esters is 2. The van der Waals surface area contributed by atoms with Crippen LogP contribution in [0.25, 0.3) is 0 Å². The molecule has 0 aromatic carbocycles. The van der Waals surface area contributed by atoms with Gasteiger partial charge in [0.2, 0.25) is 0 Å². The Kier molecular flexibility index (Phi) is 5.93. The molecule has 1 atom stereocenters. The van der Waals surface area contributed by atoms with Crippen LogP contribution < -0.4 is 0 Å². The molecular formula is C9H16O4. The maximum atomic E-state index is 11.1. The van der Waals surface area contributed by atoms with Crippen molar-refractivity contribution in [3.8, 4) is 0 Å². The Balaban J connectivity index is 3.53. The lowest BCUT2D eigenvalue weighted by molar-refractivity contribution is -0.150. The number of carbonyl (C=O) groups excluding carboxylic acids is 2. The van der Waals surface area contributed by atoms with Gasteiger partial charge in [-0.3, -0.25) is 9.59 Å². The van der Waals surface area contributed by atoms with E-state index in [0.717, 1.165) is 6.42 Å². The van der Waals surface area contributed by atoms with Gasteiger partial charge in [0.15, 0.2) is 0 Å². The quantitative estimate of drug-likeness (QED) is 0.607. The summed E-state index contributed by atoms with van der Waals surface area (Å²) in [6.07, 6.45) is 0.871. The predicted octanol–water partition coefficient (Wildman–Crippen LogP) is 1.14. The molecule has 0 aliphatic carbocycles. The molecule has 0 radical (unpaired) electrons. The zero-order valence-corrected chi connectivity index (χ0v) is 8.33. The molecule has 1 unspecified atom stereocenters. The second-order valence-electron chi connectivity index (χ2n) is 2.80. The van der Waals surface area contributed by atoms with Crippen LogP contribution in [0.1, 0.15) is 26.7 Å². The molecule has 0 bridgehead atoms. The van der Waals surface area contributed by atoms with Crippen LogP contribution in [0, 0.1) is 5.92 Å². The van der Waals surface area contributed by atoms with Gasteiger partial charge < -0.3 is 9.47 Å². The Labute approximate surface area is 78.2 Å². The van der Waals surface area contributed by atoms with Gasteiger partial charge in [0.1, 0.15) is 6.61 Å². The van der Waals surface area contributed by atoms with E-state index >= 15 is 0 Å². The lowest BCUT2D eigenvalue weighted by Crippen LogP contribution is -2.16. The first-order valence-electron chi connectivity index (χ1n) is 4.35. The van der Waals surface area contributed by atoms with E-state index in [2.05, 4.69) is 4.74 Å². The maximum Gasteiger partial charge on any atom is 0.308 e. The van der Waals surface area contributed by atoms with Crippen molar-refractivity contribution in [2.45, 2.75) is 26.7 Å². The highest BCUT2D eigenvalue weighted by Gasteiger charge is 2.12. The van der Waals surface area contributed by atoms with Gasteiger partial charge in [-0.2, -0.15) is 0 Å².